The Labute approximate surface area is 498 Å². The number of amides is 2. The lowest BCUT2D eigenvalue weighted by Crippen LogP contribution is -2.61. The van der Waals surface area contributed by atoms with Crippen LogP contribution in [0, 0.1) is 41.4 Å². The van der Waals surface area contributed by atoms with E-state index in [1.165, 1.54) is 27.3 Å². The third kappa shape index (κ3) is 17.8. The van der Waals surface area contributed by atoms with Crippen molar-refractivity contribution in [1.82, 2.24) is 25.6 Å². The smallest absolute Gasteiger partial charge is 0.259 e. The van der Waals surface area contributed by atoms with Gasteiger partial charge in [-0.25, -0.2) is 10.4 Å². The predicted molar refractivity (Wildman–Crippen MR) is 345 cm³/mol. The normalized spacial score (nSPS) is 19.6. The molecule has 448 valence electrons. The van der Waals surface area contributed by atoms with Crippen molar-refractivity contribution in [3.05, 3.63) is 113 Å². The van der Waals surface area contributed by atoms with E-state index in [-0.39, 0.29) is 56.5 Å². The van der Waals surface area contributed by atoms with Gasteiger partial charge in [0.1, 0.15) is 12.3 Å². The number of carbonyl (C=O) groups is 3. The number of hydrogen-bond donors (Lipinski definition) is 2. The number of hydrazine groups is 1. The van der Waals surface area contributed by atoms with Crippen LogP contribution in [0.5, 0.6) is 0 Å². The van der Waals surface area contributed by atoms with Gasteiger partial charge in [-0.05, 0) is 141 Å². The molecule has 2 N–H and O–H groups in total. The summed E-state index contributed by atoms with van der Waals surface area (Å²) in [7, 11) is 3.70. The molecule has 1 unspecified atom stereocenters. The SMILES string of the molecule is C#CC(C[C@H](NC(=O)[C@H](C(C)C)N(C)C[C@@H]1OCC[C@@H]1c1ccccc1)C(=O)N1CCC[C@@H](C=O)N1)=N/C(=C\C)c1ccc2c(c1)C(CC(C)(C)CC)=C(c1cc(CCCCCCC#CCCC)cnc1[C@H](C)OC)C(CC)C2=C.CC.[HH].[HH]. The second-order valence-corrected chi connectivity index (χ2v) is 23.5. The van der Waals surface area contributed by atoms with E-state index in [0.717, 1.165) is 117 Å². The van der Waals surface area contributed by atoms with Crippen molar-refractivity contribution in [2.45, 2.75) is 209 Å². The molecule has 82 heavy (non-hydrogen) atoms. The van der Waals surface area contributed by atoms with Gasteiger partial charge in [0.15, 0.2) is 0 Å². The summed E-state index contributed by atoms with van der Waals surface area (Å²) in [6.45, 7) is 29.8. The Hall–Kier alpha value is -5.95. The standard InChI is InChI=1S/C69H94N6O5.C2H6.2H2/c1-14-19-20-21-22-23-24-25-27-31-50-40-59(65(70-44-50)49(9)79-13)64-55(16-3)48(8)56-36-35-52(41-58(56)60(64)43-69(10,11)18-5)61(17-4)71-53(15-2)42-62(68(78)75-38-30-34-54(46-76)73-75)72-67(77)66(47(6)7)74(12)45-63-57(37-39-80-63)51-32-28-26-29-33-51;1-2;;/h2,17,26,28-29,32-33,35-36,40-41,44,46-47,49,54-55,57,62-63,66,73H,8,14,16,18-19,22-25,27,30-31,34,37-39,42-43,45H2,1,3-7,9-13H3,(H,72,77);1-2H3;2*1H/b61-17-,71-53?;;;/t49-,54-,55?,57+,62-,63-,66-;;;/m0.../s1. The molecule has 0 bridgehead atoms. The van der Waals surface area contributed by atoms with E-state index in [1.807, 2.05) is 64.9 Å². The van der Waals surface area contributed by atoms with E-state index in [2.05, 4.69) is 119 Å². The van der Waals surface area contributed by atoms with Crippen molar-refractivity contribution < 1.29 is 26.7 Å². The number of aliphatic imine (C=N–C) groups is 1. The van der Waals surface area contributed by atoms with Crippen LogP contribution in [0.3, 0.4) is 0 Å². The molecule has 2 amide bonds. The van der Waals surface area contributed by atoms with Gasteiger partial charge in [0.25, 0.3) is 5.91 Å². The van der Waals surface area contributed by atoms with Crippen molar-refractivity contribution in [2.75, 3.05) is 33.9 Å². The molecule has 2 fully saturated rings. The van der Waals surface area contributed by atoms with E-state index in [4.69, 9.17) is 32.5 Å². The molecule has 3 heterocycles. The van der Waals surface area contributed by atoms with Crippen LogP contribution in [0.15, 0.2) is 78.4 Å². The van der Waals surface area contributed by atoms with Crippen LogP contribution < -0.4 is 10.7 Å². The number of unbranched alkanes of at least 4 members (excludes halogenated alkanes) is 5. The Morgan fingerprint density at radius 3 is 2.41 bits per heavy atom. The number of fused-ring (bicyclic) bond motifs is 1. The van der Waals surface area contributed by atoms with Gasteiger partial charge in [0.2, 0.25) is 5.91 Å². The number of hydrogen-bond acceptors (Lipinski definition) is 9. The van der Waals surface area contributed by atoms with Gasteiger partial charge in [0.05, 0.1) is 41.4 Å². The quantitative estimate of drug-likeness (QED) is 0.0335. The zero-order valence-corrected chi connectivity index (χ0v) is 52.4. The molecule has 6 rings (SSSR count). The van der Waals surface area contributed by atoms with Gasteiger partial charge >= 0.3 is 0 Å². The van der Waals surface area contributed by atoms with Crippen molar-refractivity contribution in [2.24, 2.45) is 22.2 Å². The number of likely N-dealkylation sites (N-methyl/N-ethyl adjacent to an activating group) is 1. The van der Waals surface area contributed by atoms with Crippen LogP contribution in [0.2, 0.25) is 0 Å². The van der Waals surface area contributed by atoms with Gasteiger partial charge in [0, 0.05) is 78.1 Å². The summed E-state index contributed by atoms with van der Waals surface area (Å²) < 4.78 is 12.4. The molecular formula is C71H104N6O5. The second-order valence-electron chi connectivity index (χ2n) is 23.5. The van der Waals surface area contributed by atoms with Crippen LogP contribution in [0.4, 0.5) is 0 Å². The van der Waals surface area contributed by atoms with Crippen LogP contribution in [-0.4, -0.2) is 96.8 Å². The van der Waals surface area contributed by atoms with Crippen LogP contribution in [0.25, 0.3) is 22.4 Å². The lowest BCUT2D eigenvalue weighted by atomic mass is 9.67. The van der Waals surface area contributed by atoms with E-state index < -0.39 is 18.1 Å². The third-order valence-corrected chi connectivity index (χ3v) is 16.8. The maximum Gasteiger partial charge on any atom is 0.259 e. The molecule has 1 aromatic heterocycles. The molecule has 3 aliphatic rings. The molecule has 0 spiro atoms. The van der Waals surface area contributed by atoms with Crippen LogP contribution in [-0.2, 0) is 30.3 Å². The Kier molecular flexibility index (Phi) is 27.2. The highest BCUT2D eigenvalue weighted by molar-refractivity contribution is 6.07. The maximum absolute atomic E-state index is 14.8. The number of nitrogens with one attached hydrogen (secondary N) is 2. The number of allylic oxidation sites excluding steroid dienone is 4. The minimum absolute atomic E-state index is 0. The fraction of sp³-hybridized carbons (Fsp3) is 0.563. The Morgan fingerprint density at radius 2 is 1.76 bits per heavy atom. The van der Waals surface area contributed by atoms with Crippen molar-refractivity contribution in [3.63, 3.8) is 0 Å². The van der Waals surface area contributed by atoms with Gasteiger partial charge in [-0.2, -0.15) is 0 Å². The number of pyridine rings is 1. The van der Waals surface area contributed by atoms with Gasteiger partial charge in [-0.15, -0.1) is 18.3 Å². The Bertz CT molecular complexity index is 2810. The second kappa shape index (κ2) is 33.4. The number of ether oxygens (including phenoxy) is 2. The monoisotopic (exact) mass is 1120 g/mol. The average molecular weight is 1120 g/mol. The van der Waals surface area contributed by atoms with E-state index in [0.29, 0.717) is 43.9 Å². The Balaban J connectivity index is 0.00000457. The van der Waals surface area contributed by atoms with Gasteiger partial charge in [-0.1, -0.05) is 143 Å². The van der Waals surface area contributed by atoms with E-state index >= 15 is 0 Å². The maximum atomic E-state index is 14.8. The topological polar surface area (TPSA) is 125 Å². The number of aldehydes is 1. The van der Waals surface area contributed by atoms with Gasteiger partial charge < -0.3 is 19.6 Å². The van der Waals surface area contributed by atoms with Crippen molar-refractivity contribution >= 4 is 46.2 Å². The number of benzene rings is 2. The number of aromatic nitrogens is 1. The average Bonchev–Trinajstić information content (AvgIpc) is 2.53. The number of carbonyl (C=O) groups excluding carboxylic acids is 3. The first-order chi connectivity index (χ1) is 39.5. The summed E-state index contributed by atoms with van der Waals surface area (Å²) in [5, 5.41) is 4.62. The summed E-state index contributed by atoms with van der Waals surface area (Å²) in [4.78, 5) is 53.9. The first kappa shape index (κ1) is 66.8. The number of terminal acetylenes is 1. The first-order valence-corrected chi connectivity index (χ1v) is 31.0. The number of methoxy groups -OCH3 is 1. The molecular weight excluding hydrogens is 1020 g/mol. The molecule has 7 atom stereocenters. The number of rotatable bonds is 27. The molecule has 2 saturated heterocycles. The van der Waals surface area contributed by atoms with E-state index in [9.17, 15) is 14.4 Å². The minimum atomic E-state index is -1.09. The number of nitrogens with zero attached hydrogens (tertiary/aromatic N) is 4. The molecule has 11 nitrogen and oxygen atoms in total. The van der Waals surface area contributed by atoms with E-state index in [1.54, 1.807) is 7.11 Å². The molecule has 2 aliphatic heterocycles. The van der Waals surface area contributed by atoms with Gasteiger partial charge in [-0.3, -0.25) is 24.5 Å². The fourth-order valence-electron chi connectivity index (χ4n) is 11.9. The molecule has 11 heteroatoms. The number of aryl methyl sites for hydroxylation is 1. The summed E-state index contributed by atoms with van der Waals surface area (Å²) in [6, 6.07) is 17.1. The van der Waals surface area contributed by atoms with Crippen LogP contribution >= 0.6 is 0 Å². The summed E-state index contributed by atoms with van der Waals surface area (Å²) in [6.07, 6.45) is 24.1. The summed E-state index contributed by atoms with van der Waals surface area (Å²) in [5.74, 6) is 8.90. The minimum Gasteiger partial charge on any atom is -0.376 e. The van der Waals surface area contributed by atoms with Crippen molar-refractivity contribution in [1.29, 1.82) is 0 Å². The molecule has 0 saturated carbocycles. The molecule has 2 aromatic carbocycles. The van der Waals surface area contributed by atoms with Crippen LogP contribution in [0.1, 0.15) is 220 Å². The lowest BCUT2D eigenvalue weighted by molar-refractivity contribution is -0.143. The zero-order valence-electron chi connectivity index (χ0n) is 52.4. The highest BCUT2D eigenvalue weighted by Gasteiger charge is 2.39. The molecule has 1 aliphatic carbocycles. The first-order valence-electron chi connectivity index (χ1n) is 31.0. The zero-order chi connectivity index (χ0) is 59.9. The predicted octanol–water partition coefficient (Wildman–Crippen LogP) is 14.9. The summed E-state index contributed by atoms with van der Waals surface area (Å²) >= 11 is 0. The molecule has 3 aromatic rings. The fourth-order valence-corrected chi connectivity index (χ4v) is 11.9. The third-order valence-electron chi connectivity index (χ3n) is 16.8. The highest BCUT2D eigenvalue weighted by atomic mass is 16.5. The Morgan fingerprint density at radius 1 is 1.02 bits per heavy atom. The van der Waals surface area contributed by atoms with Crippen molar-refractivity contribution in [3.8, 4) is 24.2 Å². The largest absolute Gasteiger partial charge is 0.376 e. The summed E-state index contributed by atoms with van der Waals surface area (Å²) in [5.41, 5.74) is 15.2. The highest BCUT2D eigenvalue weighted by Crippen LogP contribution is 2.52. The lowest BCUT2D eigenvalue weighted by Gasteiger charge is -2.37. The molecule has 0 radical (unpaired) electrons.